The molecule has 0 aliphatic heterocycles. The standard InChI is InChI=1S/C17H12Cl2N2O4/c1-23-12-4-2-10(3-5-12)15-7-13(25-21-15)9-24-17(22)14-6-11(18)8-20-16(14)19/h2-8H,9H2,1H3. The zero-order chi connectivity index (χ0) is 17.8. The van der Waals surface area contributed by atoms with Gasteiger partial charge < -0.3 is 14.0 Å². The molecule has 0 aliphatic rings. The molecule has 0 bridgehead atoms. The summed E-state index contributed by atoms with van der Waals surface area (Å²) in [6.45, 7) is -0.0924. The minimum Gasteiger partial charge on any atom is -0.497 e. The molecule has 0 aliphatic carbocycles. The van der Waals surface area contributed by atoms with Crippen LogP contribution in [0.2, 0.25) is 10.2 Å². The van der Waals surface area contributed by atoms with E-state index in [4.69, 9.17) is 37.2 Å². The van der Waals surface area contributed by atoms with Crippen LogP contribution < -0.4 is 4.74 Å². The molecule has 8 heteroatoms. The lowest BCUT2D eigenvalue weighted by molar-refractivity contribution is 0.0437. The third-order valence-corrected chi connectivity index (χ3v) is 3.82. The molecule has 0 fully saturated rings. The smallest absolute Gasteiger partial charge is 0.341 e. The molecule has 0 spiro atoms. The molecular weight excluding hydrogens is 367 g/mol. The Hall–Kier alpha value is -2.57. The number of aromatic nitrogens is 2. The highest BCUT2D eigenvalue weighted by molar-refractivity contribution is 6.34. The van der Waals surface area contributed by atoms with Crippen molar-refractivity contribution in [1.29, 1.82) is 0 Å². The Kier molecular flexibility index (Phi) is 5.21. The first kappa shape index (κ1) is 17.3. The molecule has 2 aromatic heterocycles. The number of halogens is 2. The molecule has 3 aromatic rings. The largest absolute Gasteiger partial charge is 0.497 e. The minimum absolute atomic E-state index is 0.0193. The van der Waals surface area contributed by atoms with Crippen molar-refractivity contribution in [3.05, 3.63) is 64.1 Å². The predicted molar refractivity (Wildman–Crippen MR) is 91.9 cm³/mol. The highest BCUT2D eigenvalue weighted by Gasteiger charge is 2.15. The number of carbonyl (C=O) groups excluding carboxylic acids is 1. The zero-order valence-electron chi connectivity index (χ0n) is 13.0. The summed E-state index contributed by atoms with van der Waals surface area (Å²) in [5.41, 5.74) is 1.56. The number of methoxy groups -OCH3 is 1. The van der Waals surface area contributed by atoms with Gasteiger partial charge in [-0.05, 0) is 30.3 Å². The van der Waals surface area contributed by atoms with Crippen LogP contribution in [0.5, 0.6) is 5.75 Å². The Morgan fingerprint density at radius 1 is 1.20 bits per heavy atom. The maximum absolute atomic E-state index is 12.1. The number of benzene rings is 1. The van der Waals surface area contributed by atoms with E-state index in [9.17, 15) is 4.79 Å². The number of carbonyl (C=O) groups is 1. The summed E-state index contributed by atoms with van der Waals surface area (Å²) in [5, 5.41) is 4.27. The van der Waals surface area contributed by atoms with Crippen LogP contribution in [0, 0.1) is 0 Å². The highest BCUT2D eigenvalue weighted by Crippen LogP contribution is 2.23. The lowest BCUT2D eigenvalue weighted by Crippen LogP contribution is -2.06. The van der Waals surface area contributed by atoms with Crippen LogP contribution in [0.4, 0.5) is 0 Å². The molecule has 2 heterocycles. The molecule has 0 amide bonds. The van der Waals surface area contributed by atoms with Crippen molar-refractivity contribution in [2.24, 2.45) is 0 Å². The van der Waals surface area contributed by atoms with Crippen LogP contribution >= 0.6 is 23.2 Å². The summed E-state index contributed by atoms with van der Waals surface area (Å²) in [6.07, 6.45) is 1.35. The molecule has 0 radical (unpaired) electrons. The first-order chi connectivity index (χ1) is 12.1. The van der Waals surface area contributed by atoms with Crippen LogP contribution in [-0.2, 0) is 11.3 Å². The van der Waals surface area contributed by atoms with Gasteiger partial charge in [-0.25, -0.2) is 9.78 Å². The number of hydrogen-bond acceptors (Lipinski definition) is 6. The third-order valence-electron chi connectivity index (χ3n) is 3.32. The fourth-order valence-electron chi connectivity index (χ4n) is 2.06. The quantitative estimate of drug-likeness (QED) is 0.483. The molecule has 25 heavy (non-hydrogen) atoms. The molecule has 0 saturated carbocycles. The Bertz CT molecular complexity index is 894. The van der Waals surface area contributed by atoms with Crippen LogP contribution in [0.1, 0.15) is 16.1 Å². The number of hydrogen-bond donors (Lipinski definition) is 0. The van der Waals surface area contributed by atoms with Crippen molar-refractivity contribution in [3.63, 3.8) is 0 Å². The highest BCUT2D eigenvalue weighted by atomic mass is 35.5. The number of ether oxygens (including phenoxy) is 2. The van der Waals surface area contributed by atoms with E-state index < -0.39 is 5.97 Å². The number of nitrogens with zero attached hydrogens (tertiary/aromatic N) is 2. The second-order valence-electron chi connectivity index (χ2n) is 4.98. The van der Waals surface area contributed by atoms with Gasteiger partial charge >= 0.3 is 5.97 Å². The third kappa shape index (κ3) is 4.10. The van der Waals surface area contributed by atoms with Crippen LogP contribution in [0.25, 0.3) is 11.3 Å². The predicted octanol–water partition coefficient (Wildman–Crippen LogP) is 4.41. The number of esters is 1. The Morgan fingerprint density at radius 3 is 2.68 bits per heavy atom. The van der Waals surface area contributed by atoms with Gasteiger partial charge in [0.05, 0.1) is 17.7 Å². The van der Waals surface area contributed by atoms with Gasteiger partial charge in [0, 0.05) is 17.8 Å². The molecule has 0 N–H and O–H groups in total. The summed E-state index contributed by atoms with van der Waals surface area (Å²) in [6, 6.07) is 10.4. The first-order valence-electron chi connectivity index (χ1n) is 7.15. The van der Waals surface area contributed by atoms with E-state index in [0.717, 1.165) is 11.3 Å². The SMILES string of the molecule is COc1ccc(-c2cc(COC(=O)c3cc(Cl)cnc3Cl)on2)cc1. The van der Waals surface area contributed by atoms with E-state index in [0.29, 0.717) is 11.5 Å². The van der Waals surface area contributed by atoms with Crippen LogP contribution in [-0.4, -0.2) is 23.2 Å². The average Bonchev–Trinajstić information content (AvgIpc) is 3.11. The number of pyridine rings is 1. The van der Waals surface area contributed by atoms with Crippen molar-refractivity contribution in [3.8, 4) is 17.0 Å². The van der Waals surface area contributed by atoms with Crippen molar-refractivity contribution >= 4 is 29.2 Å². The second-order valence-corrected chi connectivity index (χ2v) is 5.77. The maximum Gasteiger partial charge on any atom is 0.341 e. The fourth-order valence-corrected chi connectivity index (χ4v) is 2.40. The van der Waals surface area contributed by atoms with Gasteiger partial charge in [-0.15, -0.1) is 0 Å². The Morgan fingerprint density at radius 2 is 1.96 bits per heavy atom. The van der Waals surface area contributed by atoms with Crippen molar-refractivity contribution in [2.45, 2.75) is 6.61 Å². The van der Waals surface area contributed by atoms with Crippen LogP contribution in [0.3, 0.4) is 0 Å². The van der Waals surface area contributed by atoms with E-state index in [-0.39, 0.29) is 22.3 Å². The molecular formula is C17H12Cl2N2O4. The fraction of sp³-hybridized carbons (Fsp3) is 0.118. The molecule has 0 atom stereocenters. The van der Waals surface area contributed by atoms with Gasteiger partial charge in [0.2, 0.25) is 0 Å². The molecule has 1 aromatic carbocycles. The average molecular weight is 379 g/mol. The summed E-state index contributed by atoms with van der Waals surface area (Å²) in [7, 11) is 1.60. The Labute approximate surface area is 153 Å². The van der Waals surface area contributed by atoms with Gasteiger partial charge in [-0.3, -0.25) is 0 Å². The van der Waals surface area contributed by atoms with Crippen molar-refractivity contribution in [2.75, 3.05) is 7.11 Å². The monoisotopic (exact) mass is 378 g/mol. The van der Waals surface area contributed by atoms with Gasteiger partial charge in [0.1, 0.15) is 16.6 Å². The molecule has 6 nitrogen and oxygen atoms in total. The Balaban J connectivity index is 1.67. The van der Waals surface area contributed by atoms with E-state index in [1.165, 1.54) is 12.3 Å². The van der Waals surface area contributed by atoms with Gasteiger partial charge in [-0.1, -0.05) is 28.4 Å². The van der Waals surface area contributed by atoms with E-state index >= 15 is 0 Å². The topological polar surface area (TPSA) is 74.5 Å². The lowest BCUT2D eigenvalue weighted by Gasteiger charge is -2.04. The summed E-state index contributed by atoms with van der Waals surface area (Å²) >= 11 is 11.7. The summed E-state index contributed by atoms with van der Waals surface area (Å²) in [4.78, 5) is 15.9. The normalized spacial score (nSPS) is 10.5. The van der Waals surface area contributed by atoms with Gasteiger partial charge in [0.25, 0.3) is 0 Å². The van der Waals surface area contributed by atoms with Crippen molar-refractivity contribution < 1.29 is 18.8 Å². The van der Waals surface area contributed by atoms with Gasteiger partial charge in [-0.2, -0.15) is 0 Å². The molecule has 128 valence electrons. The molecule has 0 saturated heterocycles. The van der Waals surface area contributed by atoms with E-state index in [1.54, 1.807) is 13.2 Å². The lowest BCUT2D eigenvalue weighted by atomic mass is 10.1. The first-order valence-corrected chi connectivity index (χ1v) is 7.90. The molecule has 3 rings (SSSR count). The maximum atomic E-state index is 12.1. The summed E-state index contributed by atoms with van der Waals surface area (Å²) in [5.74, 6) is 0.487. The van der Waals surface area contributed by atoms with Crippen LogP contribution in [0.15, 0.2) is 47.1 Å². The minimum atomic E-state index is -0.651. The van der Waals surface area contributed by atoms with Crippen molar-refractivity contribution in [1.82, 2.24) is 10.1 Å². The molecule has 0 unspecified atom stereocenters. The van der Waals surface area contributed by atoms with E-state index in [1.807, 2.05) is 24.3 Å². The van der Waals surface area contributed by atoms with E-state index in [2.05, 4.69) is 10.1 Å². The number of rotatable bonds is 5. The second kappa shape index (κ2) is 7.55. The summed E-state index contributed by atoms with van der Waals surface area (Å²) < 4.78 is 15.5. The van der Waals surface area contributed by atoms with Gasteiger partial charge in [0.15, 0.2) is 12.4 Å². The zero-order valence-corrected chi connectivity index (χ0v) is 14.5.